The molecule has 0 saturated heterocycles. The van der Waals surface area contributed by atoms with Crippen molar-refractivity contribution in [2.45, 2.75) is 40.2 Å². The van der Waals surface area contributed by atoms with E-state index in [1.54, 1.807) is 0 Å². The second-order valence-corrected chi connectivity index (χ2v) is 6.09. The Labute approximate surface area is 131 Å². The number of carbonyl (C=O) groups excluding carboxylic acids is 1. The van der Waals surface area contributed by atoms with Crippen molar-refractivity contribution in [3.63, 3.8) is 0 Å². The van der Waals surface area contributed by atoms with Crippen LogP contribution in [0.1, 0.15) is 52.6 Å². The van der Waals surface area contributed by atoms with Gasteiger partial charge in [0.25, 0.3) is 0 Å². The van der Waals surface area contributed by atoms with Crippen LogP contribution in [0.4, 0.5) is 0 Å². The van der Waals surface area contributed by atoms with Gasteiger partial charge in [-0.05, 0) is 37.0 Å². The number of aryl methyl sites for hydroxylation is 1. The van der Waals surface area contributed by atoms with Crippen molar-refractivity contribution in [1.82, 2.24) is 4.57 Å². The minimum absolute atomic E-state index is 0.00817. The van der Waals surface area contributed by atoms with Crippen LogP contribution in [0.2, 0.25) is 0 Å². The Kier molecular flexibility index (Phi) is 4.89. The summed E-state index contributed by atoms with van der Waals surface area (Å²) in [4.78, 5) is 11.8. The highest BCUT2D eigenvalue weighted by atomic mass is 35.5. The van der Waals surface area contributed by atoms with Gasteiger partial charge < -0.3 is 4.57 Å². The lowest BCUT2D eigenvalue weighted by Gasteiger charge is -2.11. The van der Waals surface area contributed by atoms with Crippen LogP contribution in [0.3, 0.4) is 0 Å². The molecule has 112 valence electrons. The number of halogens is 1. The molecule has 3 heteroatoms. The van der Waals surface area contributed by atoms with Gasteiger partial charge in [-0.15, -0.1) is 11.6 Å². The minimum Gasteiger partial charge on any atom is -0.344 e. The Morgan fingerprint density at radius 1 is 1.19 bits per heavy atom. The van der Waals surface area contributed by atoms with E-state index >= 15 is 0 Å². The van der Waals surface area contributed by atoms with Crippen LogP contribution in [0.25, 0.3) is 0 Å². The Bertz CT molecular complexity index is 638. The van der Waals surface area contributed by atoms with Crippen LogP contribution in [-0.2, 0) is 6.54 Å². The SMILES string of the molecule is Cc1cc(C(=O)CCl)c(C)n1Cc1ccc(C(C)C)cc1. The summed E-state index contributed by atoms with van der Waals surface area (Å²) >= 11 is 5.67. The van der Waals surface area contributed by atoms with E-state index in [2.05, 4.69) is 42.7 Å². The van der Waals surface area contributed by atoms with Gasteiger partial charge in [0, 0.05) is 23.5 Å². The van der Waals surface area contributed by atoms with Gasteiger partial charge in [0.1, 0.15) is 0 Å². The summed E-state index contributed by atoms with van der Waals surface area (Å²) in [5.74, 6) is 0.570. The van der Waals surface area contributed by atoms with Gasteiger partial charge in [0.05, 0.1) is 5.88 Å². The molecule has 0 unspecified atom stereocenters. The van der Waals surface area contributed by atoms with Gasteiger partial charge >= 0.3 is 0 Å². The first-order valence-corrected chi connectivity index (χ1v) is 7.82. The molecule has 1 aromatic heterocycles. The van der Waals surface area contributed by atoms with E-state index in [1.165, 1.54) is 11.1 Å². The molecule has 0 saturated carbocycles. The first-order chi connectivity index (χ1) is 9.93. The van der Waals surface area contributed by atoms with E-state index in [0.717, 1.165) is 23.5 Å². The van der Waals surface area contributed by atoms with Crippen LogP contribution in [0.15, 0.2) is 30.3 Å². The maximum Gasteiger partial charge on any atom is 0.179 e. The number of benzene rings is 1. The molecule has 21 heavy (non-hydrogen) atoms. The van der Waals surface area contributed by atoms with Crippen molar-refractivity contribution < 1.29 is 4.79 Å². The second-order valence-electron chi connectivity index (χ2n) is 5.82. The normalized spacial score (nSPS) is 11.1. The molecule has 2 nitrogen and oxygen atoms in total. The van der Waals surface area contributed by atoms with Crippen molar-refractivity contribution >= 4 is 17.4 Å². The van der Waals surface area contributed by atoms with Crippen LogP contribution >= 0.6 is 11.6 Å². The van der Waals surface area contributed by atoms with Crippen molar-refractivity contribution in [3.8, 4) is 0 Å². The first-order valence-electron chi connectivity index (χ1n) is 7.28. The van der Waals surface area contributed by atoms with Crippen LogP contribution in [-0.4, -0.2) is 16.2 Å². The van der Waals surface area contributed by atoms with Gasteiger partial charge in [-0.2, -0.15) is 0 Å². The predicted octanol–water partition coefficient (Wildman–Crippen LogP) is 4.70. The fourth-order valence-corrected chi connectivity index (χ4v) is 2.73. The second kappa shape index (κ2) is 6.48. The summed E-state index contributed by atoms with van der Waals surface area (Å²) in [5, 5.41) is 0. The number of hydrogen-bond donors (Lipinski definition) is 0. The third-order valence-electron chi connectivity index (χ3n) is 3.98. The Morgan fingerprint density at radius 3 is 2.33 bits per heavy atom. The fraction of sp³-hybridized carbons (Fsp3) is 0.389. The molecule has 1 heterocycles. The highest BCUT2D eigenvalue weighted by Gasteiger charge is 2.14. The molecule has 2 aromatic rings. The molecule has 0 N–H and O–H groups in total. The van der Waals surface area contributed by atoms with Crippen LogP contribution in [0, 0.1) is 13.8 Å². The van der Waals surface area contributed by atoms with Crippen molar-refractivity contribution in [2.24, 2.45) is 0 Å². The molecule has 0 atom stereocenters. The Balaban J connectivity index is 2.27. The lowest BCUT2D eigenvalue weighted by Crippen LogP contribution is -2.07. The Morgan fingerprint density at radius 2 is 1.81 bits per heavy atom. The molecular formula is C18H22ClNO. The molecule has 0 radical (unpaired) electrons. The van der Waals surface area contributed by atoms with E-state index < -0.39 is 0 Å². The number of Topliss-reactive ketones (excluding diaryl/α,β-unsaturated/α-hetero) is 1. The van der Waals surface area contributed by atoms with Crippen molar-refractivity contribution in [3.05, 3.63) is 58.4 Å². The minimum atomic E-state index is -0.00817. The summed E-state index contributed by atoms with van der Waals surface area (Å²) in [7, 11) is 0. The third kappa shape index (κ3) is 3.38. The maximum atomic E-state index is 11.8. The average molecular weight is 304 g/mol. The topological polar surface area (TPSA) is 22.0 Å². The monoisotopic (exact) mass is 303 g/mol. The standard InChI is InChI=1S/C18H22ClNO/c1-12(2)16-7-5-15(6-8-16)11-20-13(3)9-17(14(20)4)18(21)10-19/h5-9,12H,10-11H2,1-4H3. The molecule has 1 aromatic carbocycles. The number of alkyl halides is 1. The highest BCUT2D eigenvalue weighted by Crippen LogP contribution is 2.20. The Hall–Kier alpha value is -1.54. The summed E-state index contributed by atoms with van der Waals surface area (Å²) < 4.78 is 2.17. The van der Waals surface area contributed by atoms with Gasteiger partial charge in [-0.3, -0.25) is 4.79 Å². The lowest BCUT2D eigenvalue weighted by atomic mass is 10.0. The van der Waals surface area contributed by atoms with Crippen molar-refractivity contribution in [1.29, 1.82) is 0 Å². The number of ketones is 1. The van der Waals surface area contributed by atoms with E-state index in [4.69, 9.17) is 11.6 Å². The zero-order chi connectivity index (χ0) is 15.6. The summed E-state index contributed by atoms with van der Waals surface area (Å²) in [5.41, 5.74) is 5.41. The quantitative estimate of drug-likeness (QED) is 0.580. The number of rotatable bonds is 5. The summed E-state index contributed by atoms with van der Waals surface area (Å²) in [6.45, 7) is 9.18. The molecule has 2 rings (SSSR count). The average Bonchev–Trinajstić information content (AvgIpc) is 2.75. The summed E-state index contributed by atoms with van der Waals surface area (Å²) in [6, 6.07) is 10.6. The van der Waals surface area contributed by atoms with E-state index in [0.29, 0.717) is 5.92 Å². The maximum absolute atomic E-state index is 11.8. The first kappa shape index (κ1) is 15.8. The van der Waals surface area contributed by atoms with Crippen molar-refractivity contribution in [2.75, 3.05) is 5.88 Å². The largest absolute Gasteiger partial charge is 0.344 e. The summed E-state index contributed by atoms with van der Waals surface area (Å²) in [6.07, 6.45) is 0. The number of aromatic nitrogens is 1. The fourth-order valence-electron chi connectivity index (χ4n) is 2.59. The van der Waals surface area contributed by atoms with Crippen LogP contribution < -0.4 is 0 Å². The molecular weight excluding hydrogens is 282 g/mol. The third-order valence-corrected chi connectivity index (χ3v) is 4.23. The van der Waals surface area contributed by atoms with E-state index in [-0.39, 0.29) is 11.7 Å². The van der Waals surface area contributed by atoms with Crippen LogP contribution in [0.5, 0.6) is 0 Å². The van der Waals surface area contributed by atoms with Gasteiger partial charge in [0.2, 0.25) is 0 Å². The van der Waals surface area contributed by atoms with Gasteiger partial charge in [-0.1, -0.05) is 38.1 Å². The van der Waals surface area contributed by atoms with E-state index in [1.807, 2.05) is 19.9 Å². The molecule has 0 amide bonds. The highest BCUT2D eigenvalue weighted by molar-refractivity contribution is 6.30. The molecule has 0 aliphatic heterocycles. The molecule has 0 spiro atoms. The number of nitrogens with zero attached hydrogens (tertiary/aromatic N) is 1. The van der Waals surface area contributed by atoms with Gasteiger partial charge in [0.15, 0.2) is 5.78 Å². The van der Waals surface area contributed by atoms with E-state index in [9.17, 15) is 4.79 Å². The molecule has 0 fully saturated rings. The smallest absolute Gasteiger partial charge is 0.179 e. The zero-order valence-electron chi connectivity index (χ0n) is 13.1. The van der Waals surface area contributed by atoms with Gasteiger partial charge in [-0.25, -0.2) is 0 Å². The zero-order valence-corrected chi connectivity index (χ0v) is 13.9. The molecule has 0 aliphatic rings. The number of carbonyl (C=O) groups is 1. The number of hydrogen-bond acceptors (Lipinski definition) is 1. The molecule has 0 aliphatic carbocycles. The lowest BCUT2D eigenvalue weighted by molar-refractivity contribution is 0.102. The predicted molar refractivity (Wildman–Crippen MR) is 88.6 cm³/mol. The molecule has 0 bridgehead atoms.